The number of ether oxygens (including phenoxy) is 1. The summed E-state index contributed by atoms with van der Waals surface area (Å²) >= 11 is 1.11. The van der Waals surface area contributed by atoms with Gasteiger partial charge in [-0.1, -0.05) is 6.92 Å². The lowest BCUT2D eigenvalue weighted by atomic mass is 10.5. The fourth-order valence-corrected chi connectivity index (χ4v) is 2.02. The van der Waals surface area contributed by atoms with E-state index in [1.807, 2.05) is 6.92 Å². The first-order valence-electron chi connectivity index (χ1n) is 5.52. The number of carbonyl (C=O) groups is 1. The number of carboxylic acids is 1. The molecule has 0 aliphatic carbocycles. The molecule has 2 aromatic heterocycles. The van der Waals surface area contributed by atoms with Crippen LogP contribution in [0, 0.1) is 0 Å². The Morgan fingerprint density at radius 3 is 3.11 bits per heavy atom. The van der Waals surface area contributed by atoms with Crippen LogP contribution in [-0.4, -0.2) is 32.4 Å². The summed E-state index contributed by atoms with van der Waals surface area (Å²) in [4.78, 5) is 14.7. The molecule has 0 spiro atoms. The van der Waals surface area contributed by atoms with Gasteiger partial charge < -0.3 is 9.84 Å². The van der Waals surface area contributed by atoms with Gasteiger partial charge in [-0.05, 0) is 6.42 Å². The molecule has 2 rings (SSSR count). The Bertz CT molecular complexity index is 535. The average Bonchev–Trinajstić information content (AvgIpc) is 2.96. The summed E-state index contributed by atoms with van der Waals surface area (Å²) in [7, 11) is 0. The van der Waals surface area contributed by atoms with Crippen LogP contribution >= 0.6 is 11.3 Å². The Morgan fingerprint density at radius 2 is 2.44 bits per heavy atom. The molecular weight excluding hydrogens is 254 g/mol. The van der Waals surface area contributed by atoms with E-state index in [1.54, 1.807) is 22.5 Å². The van der Waals surface area contributed by atoms with Gasteiger partial charge in [-0.25, -0.2) is 9.78 Å². The van der Waals surface area contributed by atoms with Gasteiger partial charge in [0.05, 0.1) is 31.2 Å². The van der Waals surface area contributed by atoms with E-state index in [9.17, 15) is 4.79 Å². The van der Waals surface area contributed by atoms with Crippen LogP contribution in [0.5, 0.6) is 5.75 Å². The summed E-state index contributed by atoms with van der Waals surface area (Å²) in [5, 5.41) is 14.7. The fraction of sp³-hybridized carbons (Fsp3) is 0.364. The lowest BCUT2D eigenvalue weighted by Crippen LogP contribution is -2.02. The molecule has 0 unspecified atom stereocenters. The first-order chi connectivity index (χ1) is 8.69. The molecule has 96 valence electrons. The van der Waals surface area contributed by atoms with E-state index in [2.05, 4.69) is 10.1 Å². The van der Waals surface area contributed by atoms with Crippen LogP contribution in [-0.2, 0) is 6.54 Å². The fourth-order valence-electron chi connectivity index (χ4n) is 1.37. The standard InChI is InChI=1S/C11H13N3O3S/c1-2-3-17-9-4-12-14(6-9)5-8-7-18-10(13-8)11(15)16/h4,6-7H,2-3,5H2,1H3,(H,15,16). The molecule has 0 amide bonds. The smallest absolute Gasteiger partial charge is 0.365 e. The molecule has 0 bridgehead atoms. The molecule has 18 heavy (non-hydrogen) atoms. The second-order valence-corrected chi connectivity index (χ2v) is 4.53. The van der Waals surface area contributed by atoms with Crippen molar-refractivity contribution >= 4 is 17.3 Å². The van der Waals surface area contributed by atoms with E-state index >= 15 is 0 Å². The average molecular weight is 267 g/mol. The van der Waals surface area contributed by atoms with Crippen LogP contribution in [0.2, 0.25) is 0 Å². The van der Waals surface area contributed by atoms with E-state index in [1.165, 1.54) is 0 Å². The molecule has 0 radical (unpaired) electrons. The van der Waals surface area contributed by atoms with E-state index in [0.717, 1.165) is 17.8 Å². The highest BCUT2D eigenvalue weighted by molar-refractivity contribution is 7.11. The van der Waals surface area contributed by atoms with E-state index in [0.29, 0.717) is 24.6 Å². The van der Waals surface area contributed by atoms with Gasteiger partial charge >= 0.3 is 5.97 Å². The van der Waals surface area contributed by atoms with Crippen LogP contribution in [0.15, 0.2) is 17.8 Å². The molecule has 2 heterocycles. The molecular formula is C11H13N3O3S. The SMILES string of the molecule is CCCOc1cnn(Cc2csc(C(=O)O)n2)c1. The van der Waals surface area contributed by atoms with Gasteiger partial charge in [0.1, 0.15) is 0 Å². The van der Waals surface area contributed by atoms with Crippen molar-refractivity contribution in [2.24, 2.45) is 0 Å². The number of aromatic carboxylic acids is 1. The predicted molar refractivity (Wildman–Crippen MR) is 66.2 cm³/mol. The first-order valence-corrected chi connectivity index (χ1v) is 6.40. The molecule has 0 saturated heterocycles. The summed E-state index contributed by atoms with van der Waals surface area (Å²) in [6.07, 6.45) is 4.36. The summed E-state index contributed by atoms with van der Waals surface area (Å²) in [6.45, 7) is 3.14. The Morgan fingerprint density at radius 1 is 1.61 bits per heavy atom. The lowest BCUT2D eigenvalue weighted by Gasteiger charge is -1.99. The van der Waals surface area contributed by atoms with Crippen molar-refractivity contribution in [3.8, 4) is 5.75 Å². The quantitative estimate of drug-likeness (QED) is 0.864. The van der Waals surface area contributed by atoms with Crippen molar-refractivity contribution in [3.05, 3.63) is 28.5 Å². The van der Waals surface area contributed by atoms with Crippen molar-refractivity contribution in [1.29, 1.82) is 0 Å². The van der Waals surface area contributed by atoms with Crippen molar-refractivity contribution in [2.45, 2.75) is 19.9 Å². The minimum atomic E-state index is -1.00. The largest absolute Gasteiger partial charge is 0.490 e. The zero-order chi connectivity index (χ0) is 13.0. The minimum absolute atomic E-state index is 0.0969. The minimum Gasteiger partial charge on any atom is -0.490 e. The number of nitrogens with zero attached hydrogens (tertiary/aromatic N) is 3. The molecule has 0 aliphatic heterocycles. The summed E-state index contributed by atoms with van der Waals surface area (Å²) in [5.41, 5.74) is 0.683. The molecule has 0 aromatic carbocycles. The van der Waals surface area contributed by atoms with Gasteiger partial charge in [0.2, 0.25) is 5.01 Å². The third-order valence-corrected chi connectivity index (χ3v) is 3.02. The number of thiazole rings is 1. The summed E-state index contributed by atoms with van der Waals surface area (Å²) < 4.78 is 7.09. The summed E-state index contributed by atoms with van der Waals surface area (Å²) in [5.74, 6) is -0.288. The van der Waals surface area contributed by atoms with Crippen LogP contribution in [0.25, 0.3) is 0 Å². The van der Waals surface area contributed by atoms with Crippen LogP contribution in [0.4, 0.5) is 0 Å². The van der Waals surface area contributed by atoms with Crippen molar-refractivity contribution in [3.63, 3.8) is 0 Å². The van der Waals surface area contributed by atoms with Crippen LogP contribution in [0.3, 0.4) is 0 Å². The second kappa shape index (κ2) is 5.63. The van der Waals surface area contributed by atoms with Gasteiger partial charge in [0.25, 0.3) is 0 Å². The van der Waals surface area contributed by atoms with Gasteiger partial charge in [-0.2, -0.15) is 5.10 Å². The number of rotatable bonds is 6. The van der Waals surface area contributed by atoms with Crippen LogP contribution in [0.1, 0.15) is 28.8 Å². The molecule has 1 N–H and O–H groups in total. The molecule has 0 atom stereocenters. The Balaban J connectivity index is 1.99. The number of carboxylic acid groups (broad SMARTS) is 1. The van der Waals surface area contributed by atoms with Gasteiger partial charge in [0.15, 0.2) is 5.75 Å². The van der Waals surface area contributed by atoms with Gasteiger partial charge in [0, 0.05) is 5.38 Å². The van der Waals surface area contributed by atoms with E-state index in [4.69, 9.17) is 9.84 Å². The normalized spacial score (nSPS) is 10.5. The third kappa shape index (κ3) is 3.07. The maximum absolute atomic E-state index is 10.7. The maximum Gasteiger partial charge on any atom is 0.365 e. The van der Waals surface area contributed by atoms with Gasteiger partial charge in [-0.3, -0.25) is 4.68 Å². The van der Waals surface area contributed by atoms with Crippen molar-refractivity contribution < 1.29 is 14.6 Å². The first kappa shape index (κ1) is 12.6. The lowest BCUT2D eigenvalue weighted by molar-refractivity contribution is 0.0696. The van der Waals surface area contributed by atoms with E-state index in [-0.39, 0.29) is 5.01 Å². The molecule has 0 aliphatic rings. The molecule has 2 aromatic rings. The zero-order valence-corrected chi connectivity index (χ0v) is 10.7. The van der Waals surface area contributed by atoms with Gasteiger partial charge in [-0.15, -0.1) is 11.3 Å². The monoisotopic (exact) mass is 267 g/mol. The highest BCUT2D eigenvalue weighted by Gasteiger charge is 2.09. The van der Waals surface area contributed by atoms with Crippen LogP contribution < -0.4 is 4.74 Å². The number of aromatic nitrogens is 3. The second-order valence-electron chi connectivity index (χ2n) is 3.67. The molecule has 0 fully saturated rings. The van der Waals surface area contributed by atoms with Crippen molar-refractivity contribution in [1.82, 2.24) is 14.8 Å². The molecule has 7 heteroatoms. The molecule has 6 nitrogen and oxygen atoms in total. The molecule has 0 saturated carbocycles. The Hall–Kier alpha value is -1.89. The van der Waals surface area contributed by atoms with E-state index < -0.39 is 5.97 Å². The third-order valence-electron chi connectivity index (χ3n) is 2.14. The predicted octanol–water partition coefficient (Wildman–Crippen LogP) is 1.87. The zero-order valence-electron chi connectivity index (χ0n) is 9.87. The number of hydrogen-bond acceptors (Lipinski definition) is 5. The number of hydrogen-bond donors (Lipinski definition) is 1. The summed E-state index contributed by atoms with van der Waals surface area (Å²) in [6, 6.07) is 0. The Kier molecular flexibility index (Phi) is 3.93. The highest BCUT2D eigenvalue weighted by Crippen LogP contribution is 2.13. The topological polar surface area (TPSA) is 77.2 Å². The van der Waals surface area contributed by atoms with Crippen molar-refractivity contribution in [2.75, 3.05) is 6.61 Å². The Labute approximate surface area is 108 Å². The highest BCUT2D eigenvalue weighted by atomic mass is 32.1. The maximum atomic E-state index is 10.7.